The molecule has 0 amide bonds. The van der Waals surface area contributed by atoms with Crippen LogP contribution in [0.5, 0.6) is 0 Å². The summed E-state index contributed by atoms with van der Waals surface area (Å²) >= 11 is 9.38. The molecule has 0 spiro atoms. The van der Waals surface area contributed by atoms with Crippen LogP contribution in [0.15, 0.2) is 51.6 Å². The van der Waals surface area contributed by atoms with Crippen molar-refractivity contribution in [2.75, 3.05) is 0 Å². The molecule has 4 nitrogen and oxygen atoms in total. The highest BCUT2D eigenvalue weighted by Gasteiger charge is 2.18. The van der Waals surface area contributed by atoms with E-state index in [-0.39, 0.29) is 6.04 Å². The third kappa shape index (κ3) is 2.58. The molecule has 6 heteroatoms. The van der Waals surface area contributed by atoms with Gasteiger partial charge in [-0.2, -0.15) is 0 Å². The first kappa shape index (κ1) is 13.6. The van der Waals surface area contributed by atoms with Gasteiger partial charge < -0.3 is 4.42 Å². The number of halogens is 2. The van der Waals surface area contributed by atoms with Crippen LogP contribution in [0.25, 0.3) is 11.0 Å². The lowest BCUT2D eigenvalue weighted by atomic mass is 10.1. The molecule has 2 aromatic heterocycles. The fraction of sp³-hybridized carbons (Fsp3) is 0.0714. The van der Waals surface area contributed by atoms with E-state index in [1.54, 1.807) is 18.5 Å². The first-order valence-corrected chi connectivity index (χ1v) is 7.10. The number of fused-ring (bicyclic) bond motifs is 1. The molecule has 3 aromatic rings. The smallest absolute Gasteiger partial charge is 0.134 e. The van der Waals surface area contributed by atoms with Crippen molar-refractivity contribution < 1.29 is 4.42 Å². The molecule has 102 valence electrons. The SMILES string of the molecule is NNC(c1cncc(Br)c1)c1cc2cc(Cl)ccc2o1. The van der Waals surface area contributed by atoms with Crippen LogP contribution in [-0.4, -0.2) is 4.98 Å². The van der Waals surface area contributed by atoms with E-state index < -0.39 is 0 Å². The predicted octanol–water partition coefficient (Wildman–Crippen LogP) is 3.80. The minimum atomic E-state index is -0.272. The number of nitrogens with one attached hydrogen (secondary N) is 1. The number of rotatable bonds is 3. The summed E-state index contributed by atoms with van der Waals surface area (Å²) in [5.41, 5.74) is 4.43. The Hall–Kier alpha value is -1.40. The Labute approximate surface area is 129 Å². The molecule has 1 unspecified atom stereocenters. The van der Waals surface area contributed by atoms with E-state index in [0.29, 0.717) is 10.8 Å². The molecule has 2 heterocycles. The van der Waals surface area contributed by atoms with E-state index in [1.807, 2.05) is 24.3 Å². The van der Waals surface area contributed by atoms with Gasteiger partial charge in [0.15, 0.2) is 0 Å². The third-order valence-electron chi connectivity index (χ3n) is 3.01. The molecule has 0 aliphatic rings. The molecular weight excluding hydrogens is 342 g/mol. The minimum Gasteiger partial charge on any atom is -0.459 e. The van der Waals surface area contributed by atoms with Crippen molar-refractivity contribution in [3.05, 3.63) is 63.5 Å². The maximum absolute atomic E-state index is 5.98. The first-order chi connectivity index (χ1) is 9.67. The molecular formula is C14H11BrClN3O. The van der Waals surface area contributed by atoms with Crippen molar-refractivity contribution in [2.24, 2.45) is 5.84 Å². The van der Waals surface area contributed by atoms with Crippen LogP contribution in [0.2, 0.25) is 5.02 Å². The van der Waals surface area contributed by atoms with Gasteiger partial charge in [0.1, 0.15) is 17.4 Å². The molecule has 0 radical (unpaired) electrons. The maximum Gasteiger partial charge on any atom is 0.134 e. The van der Waals surface area contributed by atoms with Gasteiger partial charge in [0, 0.05) is 27.3 Å². The molecule has 0 aliphatic carbocycles. The summed E-state index contributed by atoms with van der Waals surface area (Å²) in [6.07, 6.45) is 3.46. The van der Waals surface area contributed by atoms with Crippen LogP contribution in [0, 0.1) is 0 Å². The summed E-state index contributed by atoms with van der Waals surface area (Å²) in [5, 5.41) is 1.61. The highest BCUT2D eigenvalue weighted by Crippen LogP contribution is 2.29. The van der Waals surface area contributed by atoms with Crippen LogP contribution >= 0.6 is 27.5 Å². The summed E-state index contributed by atoms with van der Waals surface area (Å²) in [7, 11) is 0. The number of aromatic nitrogens is 1. The topological polar surface area (TPSA) is 64.1 Å². The van der Waals surface area contributed by atoms with Gasteiger partial charge in [0.05, 0.1) is 0 Å². The fourth-order valence-corrected chi connectivity index (χ4v) is 2.67. The Bertz CT molecular complexity index is 759. The molecule has 0 saturated heterocycles. The largest absolute Gasteiger partial charge is 0.459 e. The molecule has 0 aliphatic heterocycles. The molecule has 20 heavy (non-hydrogen) atoms. The average molecular weight is 353 g/mol. The van der Waals surface area contributed by atoms with Crippen LogP contribution in [0.1, 0.15) is 17.4 Å². The van der Waals surface area contributed by atoms with Crippen molar-refractivity contribution in [2.45, 2.75) is 6.04 Å². The summed E-state index contributed by atoms with van der Waals surface area (Å²) in [5.74, 6) is 6.37. The van der Waals surface area contributed by atoms with Gasteiger partial charge in [-0.3, -0.25) is 10.8 Å². The molecule has 0 fully saturated rings. The first-order valence-electron chi connectivity index (χ1n) is 5.93. The number of nitrogens with two attached hydrogens (primary N) is 1. The maximum atomic E-state index is 5.98. The number of benzene rings is 1. The van der Waals surface area contributed by atoms with Gasteiger partial charge in [-0.15, -0.1) is 0 Å². The number of nitrogens with zero attached hydrogens (tertiary/aromatic N) is 1. The van der Waals surface area contributed by atoms with Crippen LogP contribution in [0.3, 0.4) is 0 Å². The van der Waals surface area contributed by atoms with Crippen molar-refractivity contribution in [1.29, 1.82) is 0 Å². The highest BCUT2D eigenvalue weighted by atomic mass is 79.9. The number of hydrazine groups is 1. The number of furan rings is 1. The van der Waals surface area contributed by atoms with Crippen molar-refractivity contribution in [3.8, 4) is 0 Å². The zero-order valence-corrected chi connectivity index (χ0v) is 12.6. The Morgan fingerprint density at radius 1 is 1.25 bits per heavy atom. The monoisotopic (exact) mass is 351 g/mol. The Kier molecular flexibility index (Phi) is 3.76. The van der Waals surface area contributed by atoms with Crippen molar-refractivity contribution in [1.82, 2.24) is 10.4 Å². The van der Waals surface area contributed by atoms with Gasteiger partial charge in [-0.1, -0.05) is 11.6 Å². The molecule has 0 saturated carbocycles. The molecule has 1 aromatic carbocycles. The lowest BCUT2D eigenvalue weighted by Gasteiger charge is -2.13. The normalized spacial score (nSPS) is 12.8. The molecule has 1 atom stereocenters. The van der Waals surface area contributed by atoms with Gasteiger partial charge in [0.25, 0.3) is 0 Å². The highest BCUT2D eigenvalue weighted by molar-refractivity contribution is 9.10. The van der Waals surface area contributed by atoms with E-state index in [0.717, 1.165) is 21.0 Å². The summed E-state index contributed by atoms with van der Waals surface area (Å²) in [6.45, 7) is 0. The molecule has 3 rings (SSSR count). The quantitative estimate of drug-likeness (QED) is 0.556. The Balaban J connectivity index is 2.07. The van der Waals surface area contributed by atoms with Crippen molar-refractivity contribution in [3.63, 3.8) is 0 Å². The Morgan fingerprint density at radius 2 is 2.10 bits per heavy atom. The molecule has 3 N–H and O–H groups in total. The van der Waals surface area contributed by atoms with Gasteiger partial charge in [-0.05, 0) is 51.8 Å². The second-order valence-corrected chi connectivity index (χ2v) is 5.72. The number of hydrogen-bond acceptors (Lipinski definition) is 4. The van der Waals surface area contributed by atoms with E-state index >= 15 is 0 Å². The van der Waals surface area contributed by atoms with E-state index in [1.165, 1.54) is 0 Å². The van der Waals surface area contributed by atoms with Gasteiger partial charge in [-0.25, -0.2) is 5.43 Å². The number of hydrogen-bond donors (Lipinski definition) is 2. The van der Waals surface area contributed by atoms with Crippen LogP contribution < -0.4 is 11.3 Å². The fourth-order valence-electron chi connectivity index (χ4n) is 2.11. The summed E-state index contributed by atoms with van der Waals surface area (Å²) in [6, 6.07) is 9.09. The van der Waals surface area contributed by atoms with E-state index in [9.17, 15) is 0 Å². The van der Waals surface area contributed by atoms with E-state index in [2.05, 4.69) is 26.3 Å². The van der Waals surface area contributed by atoms with Gasteiger partial charge >= 0.3 is 0 Å². The van der Waals surface area contributed by atoms with Crippen LogP contribution in [0.4, 0.5) is 0 Å². The number of pyridine rings is 1. The second-order valence-electron chi connectivity index (χ2n) is 4.37. The summed E-state index contributed by atoms with van der Waals surface area (Å²) < 4.78 is 6.71. The lowest BCUT2D eigenvalue weighted by Crippen LogP contribution is -2.28. The predicted molar refractivity (Wildman–Crippen MR) is 82.3 cm³/mol. The second kappa shape index (κ2) is 5.54. The van der Waals surface area contributed by atoms with Crippen molar-refractivity contribution >= 4 is 38.5 Å². The minimum absolute atomic E-state index is 0.272. The zero-order valence-electron chi connectivity index (χ0n) is 10.3. The average Bonchev–Trinajstić information content (AvgIpc) is 2.82. The van der Waals surface area contributed by atoms with Crippen LogP contribution in [-0.2, 0) is 0 Å². The standard InChI is InChI=1S/C14H11BrClN3O/c15-10-3-9(6-18-7-10)14(19-17)13-5-8-4-11(16)1-2-12(8)20-13/h1-7,14,19H,17H2. The lowest BCUT2D eigenvalue weighted by molar-refractivity contribution is 0.476. The summed E-state index contributed by atoms with van der Waals surface area (Å²) in [4.78, 5) is 4.14. The van der Waals surface area contributed by atoms with E-state index in [4.69, 9.17) is 21.9 Å². The third-order valence-corrected chi connectivity index (χ3v) is 3.68. The molecule has 0 bridgehead atoms. The zero-order chi connectivity index (χ0) is 14.1. The van der Waals surface area contributed by atoms with Gasteiger partial charge in [0.2, 0.25) is 0 Å². The Morgan fingerprint density at radius 3 is 2.85 bits per heavy atom.